The van der Waals surface area contributed by atoms with Gasteiger partial charge in [-0.05, 0) is 36.4 Å². The molecule has 4 aromatic rings. The molecule has 162 valence electrons. The van der Waals surface area contributed by atoms with Crippen LogP contribution >= 0.6 is 0 Å². The SMILES string of the molecule is COc1ccc(C(=O)N[C@@H](c2nnc(-c3ccccc3)o2)c2ccccc2F)cc1OC. The molecule has 0 fully saturated rings. The van der Waals surface area contributed by atoms with Gasteiger partial charge >= 0.3 is 0 Å². The summed E-state index contributed by atoms with van der Waals surface area (Å²) < 4.78 is 30.9. The van der Waals surface area contributed by atoms with Crippen molar-refractivity contribution in [2.45, 2.75) is 6.04 Å². The topological polar surface area (TPSA) is 86.5 Å². The lowest BCUT2D eigenvalue weighted by Gasteiger charge is -2.17. The van der Waals surface area contributed by atoms with E-state index in [0.29, 0.717) is 22.6 Å². The fourth-order valence-corrected chi connectivity index (χ4v) is 3.22. The zero-order valence-corrected chi connectivity index (χ0v) is 17.4. The molecule has 7 nitrogen and oxygen atoms in total. The maximum atomic E-state index is 14.6. The minimum Gasteiger partial charge on any atom is -0.493 e. The van der Waals surface area contributed by atoms with Gasteiger partial charge in [0.15, 0.2) is 11.5 Å². The number of nitrogens with zero attached hydrogens (tertiary/aromatic N) is 2. The van der Waals surface area contributed by atoms with Crippen molar-refractivity contribution in [1.29, 1.82) is 0 Å². The first-order valence-corrected chi connectivity index (χ1v) is 9.77. The van der Waals surface area contributed by atoms with Crippen molar-refractivity contribution in [3.63, 3.8) is 0 Å². The molecule has 1 amide bonds. The Bertz CT molecular complexity index is 1230. The number of carbonyl (C=O) groups is 1. The number of carbonyl (C=O) groups excluding carboxylic acids is 1. The number of ether oxygens (including phenoxy) is 2. The molecule has 1 atom stereocenters. The monoisotopic (exact) mass is 433 g/mol. The number of methoxy groups -OCH3 is 2. The number of nitrogens with one attached hydrogen (secondary N) is 1. The minimum atomic E-state index is -0.998. The normalized spacial score (nSPS) is 11.6. The van der Waals surface area contributed by atoms with Gasteiger partial charge in [-0.2, -0.15) is 0 Å². The standard InChI is InChI=1S/C24H20FN3O4/c1-30-19-13-12-16(14-20(19)31-2)22(29)26-21(17-10-6-7-11-18(17)25)24-28-27-23(32-24)15-8-4-3-5-9-15/h3-14,21H,1-2H3,(H,26,29)/t21-/m1/s1. The summed E-state index contributed by atoms with van der Waals surface area (Å²) in [6, 6.07) is 19.0. The van der Waals surface area contributed by atoms with Gasteiger partial charge in [0.25, 0.3) is 5.91 Å². The van der Waals surface area contributed by atoms with Crippen molar-refractivity contribution in [2.75, 3.05) is 14.2 Å². The summed E-state index contributed by atoms with van der Waals surface area (Å²) in [5, 5.41) is 10.9. The Morgan fingerprint density at radius 2 is 1.66 bits per heavy atom. The molecule has 3 aromatic carbocycles. The molecule has 0 spiro atoms. The predicted molar refractivity (Wildman–Crippen MR) is 115 cm³/mol. The van der Waals surface area contributed by atoms with E-state index in [1.165, 1.54) is 26.4 Å². The number of benzene rings is 3. The Hall–Kier alpha value is -4.20. The number of halogens is 1. The molecular formula is C24H20FN3O4. The van der Waals surface area contributed by atoms with Gasteiger partial charge in [-0.3, -0.25) is 4.79 Å². The number of hydrogen-bond acceptors (Lipinski definition) is 6. The highest BCUT2D eigenvalue weighted by Crippen LogP contribution is 2.30. The van der Waals surface area contributed by atoms with Crippen LogP contribution < -0.4 is 14.8 Å². The zero-order valence-electron chi connectivity index (χ0n) is 17.4. The molecule has 0 saturated heterocycles. The van der Waals surface area contributed by atoms with E-state index in [-0.39, 0.29) is 17.3 Å². The number of hydrogen-bond donors (Lipinski definition) is 1. The largest absolute Gasteiger partial charge is 0.493 e. The lowest BCUT2D eigenvalue weighted by atomic mass is 10.1. The highest BCUT2D eigenvalue weighted by atomic mass is 19.1. The summed E-state index contributed by atoms with van der Waals surface area (Å²) in [6.45, 7) is 0. The first-order valence-electron chi connectivity index (χ1n) is 9.77. The van der Waals surface area contributed by atoms with Crippen LogP contribution in [0.3, 0.4) is 0 Å². The molecule has 0 saturated carbocycles. The molecular weight excluding hydrogens is 413 g/mol. The third kappa shape index (κ3) is 4.29. The molecule has 0 aliphatic carbocycles. The zero-order chi connectivity index (χ0) is 22.5. The number of amides is 1. The van der Waals surface area contributed by atoms with Gasteiger partial charge in [0, 0.05) is 16.7 Å². The first kappa shape index (κ1) is 21.0. The lowest BCUT2D eigenvalue weighted by molar-refractivity contribution is 0.0937. The fraction of sp³-hybridized carbons (Fsp3) is 0.125. The molecule has 0 bridgehead atoms. The molecule has 1 N–H and O–H groups in total. The quantitative estimate of drug-likeness (QED) is 0.465. The van der Waals surface area contributed by atoms with Gasteiger partial charge in [0.2, 0.25) is 11.8 Å². The van der Waals surface area contributed by atoms with Crippen LogP contribution in [0.25, 0.3) is 11.5 Å². The van der Waals surface area contributed by atoms with Crippen LogP contribution in [-0.4, -0.2) is 30.3 Å². The second kappa shape index (κ2) is 9.30. The van der Waals surface area contributed by atoms with Crippen molar-refractivity contribution in [1.82, 2.24) is 15.5 Å². The summed E-state index contributed by atoms with van der Waals surface area (Å²) in [5.74, 6) is 0.221. The maximum absolute atomic E-state index is 14.6. The molecule has 0 radical (unpaired) electrons. The van der Waals surface area contributed by atoms with Crippen LogP contribution in [0.2, 0.25) is 0 Å². The van der Waals surface area contributed by atoms with E-state index in [1.54, 1.807) is 30.3 Å². The van der Waals surface area contributed by atoms with Crippen molar-refractivity contribution in [3.05, 3.63) is 95.6 Å². The maximum Gasteiger partial charge on any atom is 0.252 e. The summed E-state index contributed by atoms with van der Waals surface area (Å²) in [6.07, 6.45) is 0. The number of aromatic nitrogens is 2. The smallest absolute Gasteiger partial charge is 0.252 e. The first-order chi connectivity index (χ1) is 15.6. The van der Waals surface area contributed by atoms with Crippen molar-refractivity contribution in [3.8, 4) is 23.0 Å². The Balaban J connectivity index is 1.69. The Labute approximate surface area is 183 Å². The summed E-state index contributed by atoms with van der Waals surface area (Å²) in [5.41, 5.74) is 1.21. The lowest BCUT2D eigenvalue weighted by Crippen LogP contribution is -2.30. The van der Waals surface area contributed by atoms with Crippen LogP contribution in [-0.2, 0) is 0 Å². The molecule has 8 heteroatoms. The third-order valence-electron chi connectivity index (χ3n) is 4.85. The second-order valence-corrected chi connectivity index (χ2v) is 6.81. The van der Waals surface area contributed by atoms with E-state index in [2.05, 4.69) is 15.5 Å². The predicted octanol–water partition coefficient (Wildman–Crippen LogP) is 4.41. The molecule has 1 aromatic heterocycles. The van der Waals surface area contributed by atoms with E-state index < -0.39 is 17.8 Å². The van der Waals surface area contributed by atoms with Gasteiger partial charge in [-0.1, -0.05) is 36.4 Å². The third-order valence-corrected chi connectivity index (χ3v) is 4.85. The van der Waals surface area contributed by atoms with E-state index in [9.17, 15) is 9.18 Å². The van der Waals surface area contributed by atoms with E-state index in [0.717, 1.165) is 0 Å². The highest BCUT2D eigenvalue weighted by Gasteiger charge is 2.26. The van der Waals surface area contributed by atoms with Gasteiger partial charge in [0.05, 0.1) is 14.2 Å². The average molecular weight is 433 g/mol. The molecule has 0 unspecified atom stereocenters. The van der Waals surface area contributed by atoms with Crippen molar-refractivity contribution >= 4 is 5.91 Å². The second-order valence-electron chi connectivity index (χ2n) is 6.81. The average Bonchev–Trinajstić information content (AvgIpc) is 3.33. The van der Waals surface area contributed by atoms with Crippen LogP contribution in [0.4, 0.5) is 4.39 Å². The Morgan fingerprint density at radius 3 is 2.38 bits per heavy atom. The van der Waals surface area contributed by atoms with Crippen LogP contribution in [0, 0.1) is 5.82 Å². The van der Waals surface area contributed by atoms with Crippen molar-refractivity contribution < 1.29 is 23.1 Å². The van der Waals surface area contributed by atoms with E-state index >= 15 is 0 Å². The van der Waals surface area contributed by atoms with Gasteiger partial charge in [0.1, 0.15) is 11.9 Å². The van der Waals surface area contributed by atoms with Crippen LogP contribution in [0.1, 0.15) is 27.9 Å². The van der Waals surface area contributed by atoms with Crippen molar-refractivity contribution in [2.24, 2.45) is 0 Å². The van der Waals surface area contributed by atoms with Gasteiger partial charge < -0.3 is 19.2 Å². The fourth-order valence-electron chi connectivity index (χ4n) is 3.22. The van der Waals surface area contributed by atoms with E-state index in [1.807, 2.05) is 30.3 Å². The summed E-state index contributed by atoms with van der Waals surface area (Å²) in [7, 11) is 2.98. The van der Waals surface area contributed by atoms with Crippen LogP contribution in [0.5, 0.6) is 11.5 Å². The van der Waals surface area contributed by atoms with Gasteiger partial charge in [-0.25, -0.2) is 4.39 Å². The molecule has 4 rings (SSSR count). The molecule has 32 heavy (non-hydrogen) atoms. The molecule has 1 heterocycles. The highest BCUT2D eigenvalue weighted by molar-refractivity contribution is 5.95. The Morgan fingerprint density at radius 1 is 0.938 bits per heavy atom. The molecule has 0 aliphatic heterocycles. The van der Waals surface area contributed by atoms with Crippen LogP contribution in [0.15, 0.2) is 77.2 Å². The van der Waals surface area contributed by atoms with Gasteiger partial charge in [-0.15, -0.1) is 10.2 Å². The minimum absolute atomic E-state index is 0.0581. The molecule has 0 aliphatic rings. The summed E-state index contributed by atoms with van der Waals surface area (Å²) >= 11 is 0. The van der Waals surface area contributed by atoms with E-state index in [4.69, 9.17) is 13.9 Å². The summed E-state index contributed by atoms with van der Waals surface area (Å²) in [4.78, 5) is 13.0. The number of rotatable bonds is 7. The Kier molecular flexibility index (Phi) is 6.12.